The van der Waals surface area contributed by atoms with Crippen LogP contribution >= 0.6 is 0 Å². The van der Waals surface area contributed by atoms with Crippen LogP contribution in [0, 0.1) is 5.82 Å². The number of aromatic nitrogens is 1. The Balaban J connectivity index is 3.29. The van der Waals surface area contributed by atoms with Crippen LogP contribution in [0.15, 0.2) is 10.9 Å². The summed E-state index contributed by atoms with van der Waals surface area (Å²) in [5, 5.41) is 8.48. The highest BCUT2D eigenvalue weighted by molar-refractivity contribution is 5.16. The minimum absolute atomic E-state index is 0.498. The Labute approximate surface area is 70.8 Å². The molecule has 1 rings (SSSR count). The lowest BCUT2D eigenvalue weighted by Crippen LogP contribution is -2.17. The van der Waals surface area contributed by atoms with E-state index in [2.05, 4.69) is 0 Å². The van der Waals surface area contributed by atoms with Crippen molar-refractivity contribution in [2.45, 2.75) is 13.0 Å². The largest absolute Gasteiger partial charge is 0.391 e. The molecule has 0 bridgehead atoms. The van der Waals surface area contributed by atoms with Crippen LogP contribution in [-0.4, -0.2) is 10.1 Å². The normalized spacial score (nSPS) is 10.8. The predicted molar refractivity (Wildman–Crippen MR) is 37.9 cm³/mol. The number of hydrogen-bond donors (Lipinski definition) is 2. The standard InChI is InChI=1S/C7H6F3NO2/c8-4-1-5(6(9)10)11-7(13)3(4)2-12/h1,6,12H,2H2,(H,11,13). The highest BCUT2D eigenvalue weighted by Crippen LogP contribution is 2.16. The van der Waals surface area contributed by atoms with E-state index in [1.54, 1.807) is 4.98 Å². The average Bonchev–Trinajstić information content (AvgIpc) is 2.03. The monoisotopic (exact) mass is 193 g/mol. The summed E-state index contributed by atoms with van der Waals surface area (Å²) < 4.78 is 36.7. The number of nitrogens with one attached hydrogen (secondary N) is 1. The van der Waals surface area contributed by atoms with Gasteiger partial charge >= 0.3 is 0 Å². The number of alkyl halides is 2. The van der Waals surface area contributed by atoms with E-state index < -0.39 is 35.7 Å². The van der Waals surface area contributed by atoms with E-state index in [1.165, 1.54) is 0 Å². The summed E-state index contributed by atoms with van der Waals surface area (Å²) in [7, 11) is 0. The number of aromatic amines is 1. The summed E-state index contributed by atoms with van der Waals surface area (Å²) in [6.45, 7) is -0.815. The molecule has 3 nitrogen and oxygen atoms in total. The molecular formula is C7H6F3NO2. The summed E-state index contributed by atoms with van der Waals surface area (Å²) in [6.07, 6.45) is -2.94. The minimum atomic E-state index is -2.94. The van der Waals surface area contributed by atoms with Gasteiger partial charge in [-0.25, -0.2) is 13.2 Å². The summed E-state index contributed by atoms with van der Waals surface area (Å²) >= 11 is 0. The van der Waals surface area contributed by atoms with Crippen molar-refractivity contribution in [1.29, 1.82) is 0 Å². The first-order valence-electron chi connectivity index (χ1n) is 3.37. The summed E-state index contributed by atoms with van der Waals surface area (Å²) in [5.41, 5.74) is -2.36. The van der Waals surface area contributed by atoms with Crippen LogP contribution in [0.4, 0.5) is 13.2 Å². The highest BCUT2D eigenvalue weighted by Gasteiger charge is 2.13. The maximum absolute atomic E-state index is 12.8. The second kappa shape index (κ2) is 3.61. The van der Waals surface area contributed by atoms with Crippen LogP contribution < -0.4 is 5.56 Å². The molecule has 0 aliphatic heterocycles. The van der Waals surface area contributed by atoms with Gasteiger partial charge in [0.25, 0.3) is 12.0 Å². The van der Waals surface area contributed by atoms with Gasteiger partial charge in [0.05, 0.1) is 17.9 Å². The minimum Gasteiger partial charge on any atom is -0.391 e. The van der Waals surface area contributed by atoms with Crippen molar-refractivity contribution in [2.75, 3.05) is 0 Å². The van der Waals surface area contributed by atoms with Gasteiger partial charge in [-0.1, -0.05) is 0 Å². The molecule has 0 radical (unpaired) electrons. The number of H-pyrrole nitrogens is 1. The van der Waals surface area contributed by atoms with Crippen molar-refractivity contribution in [2.24, 2.45) is 0 Å². The molecule has 0 aliphatic rings. The van der Waals surface area contributed by atoms with Gasteiger partial charge in [-0.2, -0.15) is 0 Å². The first-order chi connectivity index (χ1) is 6.06. The Morgan fingerprint density at radius 2 is 2.15 bits per heavy atom. The van der Waals surface area contributed by atoms with Crippen molar-refractivity contribution >= 4 is 0 Å². The Bertz CT molecular complexity index is 361. The van der Waals surface area contributed by atoms with Gasteiger partial charge in [0.15, 0.2) is 0 Å². The lowest BCUT2D eigenvalue weighted by Gasteiger charge is -2.02. The zero-order valence-electron chi connectivity index (χ0n) is 6.35. The Hall–Kier alpha value is -1.30. The number of hydrogen-bond acceptors (Lipinski definition) is 2. The van der Waals surface area contributed by atoms with Gasteiger partial charge in [0.1, 0.15) is 5.82 Å². The molecule has 0 unspecified atom stereocenters. The van der Waals surface area contributed by atoms with Crippen LogP contribution in [-0.2, 0) is 6.61 Å². The highest BCUT2D eigenvalue weighted by atomic mass is 19.3. The average molecular weight is 193 g/mol. The van der Waals surface area contributed by atoms with Crippen molar-refractivity contribution < 1.29 is 18.3 Å². The molecule has 1 aromatic heterocycles. The Morgan fingerprint density at radius 1 is 1.54 bits per heavy atom. The maximum atomic E-state index is 12.8. The van der Waals surface area contributed by atoms with E-state index in [1.807, 2.05) is 0 Å². The van der Waals surface area contributed by atoms with Gasteiger partial charge in [-0.3, -0.25) is 4.79 Å². The SMILES string of the molecule is O=c1[nH]c(C(F)F)cc(F)c1CO. The van der Waals surface area contributed by atoms with Gasteiger partial charge in [0.2, 0.25) is 0 Å². The molecule has 0 aromatic carbocycles. The van der Waals surface area contributed by atoms with Crippen molar-refractivity contribution in [3.8, 4) is 0 Å². The fourth-order valence-electron chi connectivity index (χ4n) is 0.840. The van der Waals surface area contributed by atoms with E-state index in [0.717, 1.165) is 0 Å². The third kappa shape index (κ3) is 1.89. The molecular weight excluding hydrogens is 187 g/mol. The molecule has 0 saturated heterocycles. The molecule has 0 spiro atoms. The molecule has 2 N–H and O–H groups in total. The number of aliphatic hydroxyl groups is 1. The topological polar surface area (TPSA) is 53.1 Å². The smallest absolute Gasteiger partial charge is 0.278 e. The number of rotatable bonds is 2. The lowest BCUT2D eigenvalue weighted by atomic mass is 10.2. The molecule has 1 heterocycles. The van der Waals surface area contributed by atoms with Gasteiger partial charge in [-0.05, 0) is 6.07 Å². The van der Waals surface area contributed by atoms with Crippen LogP contribution in [0.1, 0.15) is 17.7 Å². The van der Waals surface area contributed by atoms with Crippen LogP contribution in [0.2, 0.25) is 0 Å². The zero-order chi connectivity index (χ0) is 10.0. The molecule has 0 atom stereocenters. The summed E-state index contributed by atoms with van der Waals surface area (Å²) in [6, 6.07) is 0.498. The second-order valence-electron chi connectivity index (χ2n) is 2.34. The number of aliphatic hydroxyl groups excluding tert-OH is 1. The van der Waals surface area contributed by atoms with Crippen molar-refractivity contribution in [3.63, 3.8) is 0 Å². The van der Waals surface area contributed by atoms with Gasteiger partial charge in [0, 0.05) is 0 Å². The van der Waals surface area contributed by atoms with E-state index in [9.17, 15) is 18.0 Å². The molecule has 72 valence electrons. The van der Waals surface area contributed by atoms with Gasteiger partial charge < -0.3 is 10.1 Å². The molecule has 13 heavy (non-hydrogen) atoms. The summed E-state index contributed by atoms with van der Waals surface area (Å²) in [4.78, 5) is 12.6. The first-order valence-corrected chi connectivity index (χ1v) is 3.37. The molecule has 0 saturated carbocycles. The van der Waals surface area contributed by atoms with Gasteiger partial charge in [-0.15, -0.1) is 0 Å². The van der Waals surface area contributed by atoms with Crippen LogP contribution in [0.25, 0.3) is 0 Å². The molecule has 6 heteroatoms. The van der Waals surface area contributed by atoms with E-state index in [-0.39, 0.29) is 0 Å². The molecule has 1 aromatic rings. The maximum Gasteiger partial charge on any atom is 0.278 e. The fourth-order valence-corrected chi connectivity index (χ4v) is 0.840. The van der Waals surface area contributed by atoms with E-state index in [0.29, 0.717) is 6.07 Å². The number of pyridine rings is 1. The quantitative estimate of drug-likeness (QED) is 0.734. The van der Waals surface area contributed by atoms with E-state index >= 15 is 0 Å². The Kier molecular flexibility index (Phi) is 2.72. The van der Waals surface area contributed by atoms with Crippen molar-refractivity contribution in [1.82, 2.24) is 4.98 Å². The molecule has 0 fully saturated rings. The zero-order valence-corrected chi connectivity index (χ0v) is 6.35. The molecule has 0 amide bonds. The summed E-state index contributed by atoms with van der Waals surface area (Å²) in [5.74, 6) is -1.12. The van der Waals surface area contributed by atoms with Crippen molar-refractivity contribution in [3.05, 3.63) is 33.5 Å². The van der Waals surface area contributed by atoms with Crippen LogP contribution in [0.3, 0.4) is 0 Å². The first kappa shape index (κ1) is 9.79. The molecule has 0 aliphatic carbocycles. The second-order valence-corrected chi connectivity index (χ2v) is 2.34. The van der Waals surface area contributed by atoms with Crippen LogP contribution in [0.5, 0.6) is 0 Å². The number of halogens is 3. The lowest BCUT2D eigenvalue weighted by molar-refractivity contribution is 0.145. The Morgan fingerprint density at radius 3 is 2.54 bits per heavy atom. The predicted octanol–water partition coefficient (Wildman–Crippen LogP) is 0.944. The van der Waals surface area contributed by atoms with E-state index in [4.69, 9.17) is 5.11 Å². The third-order valence-electron chi connectivity index (χ3n) is 1.50. The fraction of sp³-hybridized carbons (Fsp3) is 0.286. The third-order valence-corrected chi connectivity index (χ3v) is 1.50.